The standard InChI is InChI=1S/C15H16N4O3S/c1-4-22-15(21)11-5-9(7-16-11)17-13(20)12-6-10-8(2)18-19(3)14(10)23-12/h5-7,16H,4H2,1-3H3,(H,17,20). The van der Waals surface area contributed by atoms with Gasteiger partial charge in [0.25, 0.3) is 5.91 Å². The third kappa shape index (κ3) is 2.85. The first kappa shape index (κ1) is 15.3. The van der Waals surface area contributed by atoms with Crippen LogP contribution in [0.4, 0.5) is 5.69 Å². The number of ether oxygens (including phenoxy) is 1. The number of amides is 1. The number of carbonyl (C=O) groups is 2. The van der Waals surface area contributed by atoms with E-state index in [1.807, 2.05) is 20.0 Å². The number of thiophene rings is 1. The summed E-state index contributed by atoms with van der Waals surface area (Å²) in [4.78, 5) is 28.3. The van der Waals surface area contributed by atoms with Crippen LogP contribution in [-0.2, 0) is 11.8 Å². The quantitative estimate of drug-likeness (QED) is 0.719. The first-order chi connectivity index (χ1) is 11.0. The van der Waals surface area contributed by atoms with Gasteiger partial charge in [0, 0.05) is 18.6 Å². The highest BCUT2D eigenvalue weighted by molar-refractivity contribution is 7.20. The lowest BCUT2D eigenvalue weighted by Gasteiger charge is -1.99. The van der Waals surface area contributed by atoms with Crippen LogP contribution < -0.4 is 5.32 Å². The number of rotatable bonds is 4. The minimum Gasteiger partial charge on any atom is -0.461 e. The molecule has 3 aromatic heterocycles. The number of fused-ring (bicyclic) bond motifs is 1. The van der Waals surface area contributed by atoms with Crippen LogP contribution in [0.3, 0.4) is 0 Å². The van der Waals surface area contributed by atoms with E-state index in [0.717, 1.165) is 15.9 Å². The Balaban J connectivity index is 1.78. The Morgan fingerprint density at radius 1 is 1.43 bits per heavy atom. The van der Waals surface area contributed by atoms with Crippen molar-refractivity contribution in [3.63, 3.8) is 0 Å². The maximum atomic E-state index is 12.3. The minimum atomic E-state index is -0.448. The van der Waals surface area contributed by atoms with Gasteiger partial charge < -0.3 is 15.0 Å². The summed E-state index contributed by atoms with van der Waals surface area (Å²) in [6.45, 7) is 3.95. The van der Waals surface area contributed by atoms with Gasteiger partial charge in [-0.3, -0.25) is 9.48 Å². The van der Waals surface area contributed by atoms with Crippen molar-refractivity contribution in [2.75, 3.05) is 11.9 Å². The van der Waals surface area contributed by atoms with E-state index in [1.54, 1.807) is 23.9 Å². The molecule has 0 unspecified atom stereocenters. The van der Waals surface area contributed by atoms with Gasteiger partial charge in [0.2, 0.25) is 0 Å². The number of anilines is 1. The number of aromatic amines is 1. The Hall–Kier alpha value is -2.61. The van der Waals surface area contributed by atoms with E-state index in [1.165, 1.54) is 11.3 Å². The fourth-order valence-electron chi connectivity index (χ4n) is 2.30. The number of carbonyl (C=O) groups excluding carboxylic acids is 2. The molecular formula is C15H16N4O3S. The average Bonchev–Trinajstić information content (AvgIpc) is 3.18. The Labute approximate surface area is 136 Å². The van der Waals surface area contributed by atoms with E-state index in [4.69, 9.17) is 4.74 Å². The van der Waals surface area contributed by atoms with Crippen molar-refractivity contribution in [2.45, 2.75) is 13.8 Å². The molecule has 0 saturated carbocycles. The first-order valence-corrected chi connectivity index (χ1v) is 7.91. The lowest BCUT2D eigenvalue weighted by atomic mass is 10.3. The van der Waals surface area contributed by atoms with Gasteiger partial charge in [-0.15, -0.1) is 11.3 Å². The summed E-state index contributed by atoms with van der Waals surface area (Å²) >= 11 is 1.38. The highest BCUT2D eigenvalue weighted by atomic mass is 32.1. The van der Waals surface area contributed by atoms with Crippen LogP contribution in [0.2, 0.25) is 0 Å². The molecule has 0 aromatic carbocycles. The van der Waals surface area contributed by atoms with Gasteiger partial charge in [0.15, 0.2) is 0 Å². The zero-order valence-corrected chi connectivity index (χ0v) is 13.8. The molecule has 23 heavy (non-hydrogen) atoms. The van der Waals surface area contributed by atoms with Gasteiger partial charge in [0.05, 0.1) is 22.9 Å². The third-order valence-electron chi connectivity index (χ3n) is 3.36. The lowest BCUT2D eigenvalue weighted by molar-refractivity contribution is 0.0520. The number of H-pyrrole nitrogens is 1. The molecular weight excluding hydrogens is 316 g/mol. The molecule has 0 aliphatic rings. The maximum absolute atomic E-state index is 12.3. The number of aromatic nitrogens is 3. The summed E-state index contributed by atoms with van der Waals surface area (Å²) in [5, 5.41) is 8.06. The zero-order chi connectivity index (χ0) is 16.6. The van der Waals surface area contributed by atoms with Crippen molar-refractivity contribution in [3.8, 4) is 0 Å². The van der Waals surface area contributed by atoms with Crippen LogP contribution >= 0.6 is 11.3 Å². The van der Waals surface area contributed by atoms with Crippen molar-refractivity contribution >= 4 is 39.1 Å². The lowest BCUT2D eigenvalue weighted by Crippen LogP contribution is -2.09. The smallest absolute Gasteiger partial charge is 0.354 e. The molecule has 0 aliphatic heterocycles. The number of esters is 1. The van der Waals surface area contributed by atoms with Crippen molar-refractivity contribution < 1.29 is 14.3 Å². The molecule has 3 rings (SSSR count). The molecule has 0 fully saturated rings. The molecule has 3 heterocycles. The highest BCUT2D eigenvalue weighted by Crippen LogP contribution is 2.28. The van der Waals surface area contributed by atoms with Gasteiger partial charge in [-0.2, -0.15) is 5.10 Å². The number of nitrogens with zero attached hydrogens (tertiary/aromatic N) is 2. The largest absolute Gasteiger partial charge is 0.461 e. The molecule has 7 nitrogen and oxygen atoms in total. The minimum absolute atomic E-state index is 0.222. The number of aryl methyl sites for hydroxylation is 2. The van der Waals surface area contributed by atoms with Crippen molar-refractivity contribution in [3.05, 3.63) is 34.6 Å². The topological polar surface area (TPSA) is 89.0 Å². The summed E-state index contributed by atoms with van der Waals surface area (Å²) in [6.07, 6.45) is 1.56. The van der Waals surface area contributed by atoms with Crippen LogP contribution in [0.15, 0.2) is 18.3 Å². The second-order valence-corrected chi connectivity index (χ2v) is 6.05. The number of nitrogens with one attached hydrogen (secondary N) is 2. The van der Waals surface area contributed by atoms with Crippen LogP contribution in [0.5, 0.6) is 0 Å². The van der Waals surface area contributed by atoms with E-state index in [-0.39, 0.29) is 5.91 Å². The zero-order valence-electron chi connectivity index (χ0n) is 13.0. The predicted molar refractivity (Wildman–Crippen MR) is 88.0 cm³/mol. The molecule has 2 N–H and O–H groups in total. The fourth-order valence-corrected chi connectivity index (χ4v) is 3.32. The molecule has 1 amide bonds. The second-order valence-electron chi connectivity index (χ2n) is 5.02. The maximum Gasteiger partial charge on any atom is 0.354 e. The Kier molecular flexibility index (Phi) is 3.91. The van der Waals surface area contributed by atoms with Gasteiger partial charge in [0.1, 0.15) is 10.5 Å². The van der Waals surface area contributed by atoms with E-state index >= 15 is 0 Å². The van der Waals surface area contributed by atoms with Crippen LogP contribution in [0.25, 0.3) is 10.2 Å². The molecule has 0 saturated heterocycles. The molecule has 0 bridgehead atoms. The summed E-state index contributed by atoms with van der Waals surface area (Å²) in [6, 6.07) is 3.38. The third-order valence-corrected chi connectivity index (χ3v) is 4.56. The van der Waals surface area contributed by atoms with Gasteiger partial charge in [-0.25, -0.2) is 4.79 Å². The summed E-state index contributed by atoms with van der Waals surface area (Å²) < 4.78 is 6.66. The molecule has 3 aromatic rings. The van der Waals surface area contributed by atoms with Crippen molar-refractivity contribution in [1.82, 2.24) is 14.8 Å². The molecule has 0 aliphatic carbocycles. The highest BCUT2D eigenvalue weighted by Gasteiger charge is 2.16. The van der Waals surface area contributed by atoms with E-state index in [0.29, 0.717) is 22.9 Å². The summed E-state index contributed by atoms with van der Waals surface area (Å²) in [7, 11) is 1.85. The van der Waals surface area contributed by atoms with Gasteiger partial charge in [-0.1, -0.05) is 0 Å². The van der Waals surface area contributed by atoms with Gasteiger partial charge >= 0.3 is 5.97 Å². The molecule has 0 spiro atoms. The fraction of sp³-hybridized carbons (Fsp3) is 0.267. The number of hydrogen-bond donors (Lipinski definition) is 2. The van der Waals surface area contributed by atoms with Crippen LogP contribution in [0, 0.1) is 6.92 Å². The molecule has 0 atom stereocenters. The average molecular weight is 332 g/mol. The normalized spacial score (nSPS) is 10.9. The monoisotopic (exact) mass is 332 g/mol. The summed E-state index contributed by atoms with van der Waals surface area (Å²) in [5.74, 6) is -0.670. The molecule has 0 radical (unpaired) electrons. The van der Waals surface area contributed by atoms with Gasteiger partial charge in [-0.05, 0) is 26.0 Å². The molecule has 8 heteroatoms. The van der Waals surface area contributed by atoms with E-state index in [2.05, 4.69) is 15.4 Å². The Morgan fingerprint density at radius 3 is 2.91 bits per heavy atom. The predicted octanol–water partition coefficient (Wildman–Crippen LogP) is 2.70. The van der Waals surface area contributed by atoms with Crippen molar-refractivity contribution in [1.29, 1.82) is 0 Å². The first-order valence-electron chi connectivity index (χ1n) is 7.09. The Bertz CT molecular complexity index is 855. The van der Waals surface area contributed by atoms with E-state index in [9.17, 15) is 9.59 Å². The van der Waals surface area contributed by atoms with Crippen LogP contribution in [-0.4, -0.2) is 33.2 Å². The van der Waals surface area contributed by atoms with Crippen molar-refractivity contribution in [2.24, 2.45) is 7.05 Å². The SMILES string of the molecule is CCOC(=O)c1cc(NC(=O)c2cc3c(C)nn(C)c3s2)c[nH]1. The summed E-state index contributed by atoms with van der Waals surface area (Å²) in [5.41, 5.74) is 1.72. The van der Waals surface area contributed by atoms with Crippen LogP contribution in [0.1, 0.15) is 32.8 Å². The number of hydrogen-bond acceptors (Lipinski definition) is 5. The molecule has 120 valence electrons. The Morgan fingerprint density at radius 2 is 2.22 bits per heavy atom. The second kappa shape index (κ2) is 5.88. The van der Waals surface area contributed by atoms with E-state index < -0.39 is 5.97 Å².